The molecule has 1 saturated carbocycles. The van der Waals surface area contributed by atoms with E-state index in [2.05, 4.69) is 19.2 Å². The maximum atomic E-state index is 11.8. The lowest BCUT2D eigenvalue weighted by Gasteiger charge is -2.12. The summed E-state index contributed by atoms with van der Waals surface area (Å²) in [4.78, 5) is 2.00. The lowest BCUT2D eigenvalue weighted by molar-refractivity contribution is 0.416. The fourth-order valence-corrected chi connectivity index (χ4v) is 4.55. The molecule has 3 rings (SSSR count). The summed E-state index contributed by atoms with van der Waals surface area (Å²) in [5.41, 5.74) is 2.08. The summed E-state index contributed by atoms with van der Waals surface area (Å²) in [6, 6.07) is 12.4. The van der Waals surface area contributed by atoms with E-state index in [9.17, 15) is 8.42 Å². The average molecular weight is 410 g/mol. The maximum absolute atomic E-state index is 11.8. The molecule has 27 heavy (non-hydrogen) atoms. The van der Waals surface area contributed by atoms with Crippen molar-refractivity contribution < 1.29 is 13.2 Å². The SMILES string of the molecule is COc1ccc(Cl)cc1NC[C@H]1[C@H](c2ccc(S(=O)(=O)NN)cc2)C1(C)C. The molecular formula is C19H24ClN3O3S. The fourth-order valence-electron chi connectivity index (χ4n) is 3.75. The van der Waals surface area contributed by atoms with Crippen LogP contribution < -0.4 is 20.7 Å². The van der Waals surface area contributed by atoms with Gasteiger partial charge < -0.3 is 10.1 Å². The first-order valence-corrected chi connectivity index (χ1v) is 10.5. The lowest BCUT2D eigenvalue weighted by atomic mass is 10.0. The van der Waals surface area contributed by atoms with Gasteiger partial charge in [0.1, 0.15) is 5.75 Å². The molecule has 2 aromatic carbocycles. The van der Waals surface area contributed by atoms with Crippen LogP contribution in [0.4, 0.5) is 5.69 Å². The summed E-state index contributed by atoms with van der Waals surface area (Å²) in [5, 5.41) is 4.08. The van der Waals surface area contributed by atoms with Crippen molar-refractivity contribution in [1.82, 2.24) is 4.83 Å². The van der Waals surface area contributed by atoms with Gasteiger partial charge in [-0.05, 0) is 53.1 Å². The van der Waals surface area contributed by atoms with Crippen molar-refractivity contribution in [2.45, 2.75) is 24.7 Å². The molecule has 4 N–H and O–H groups in total. The predicted molar refractivity (Wildman–Crippen MR) is 107 cm³/mol. The van der Waals surface area contributed by atoms with Crippen molar-refractivity contribution in [3.8, 4) is 5.75 Å². The van der Waals surface area contributed by atoms with Crippen molar-refractivity contribution in [1.29, 1.82) is 0 Å². The van der Waals surface area contributed by atoms with E-state index >= 15 is 0 Å². The smallest absolute Gasteiger partial charge is 0.253 e. The molecule has 0 amide bonds. The highest BCUT2D eigenvalue weighted by Crippen LogP contribution is 2.64. The first kappa shape index (κ1) is 19.9. The number of nitrogens with one attached hydrogen (secondary N) is 2. The Morgan fingerprint density at radius 3 is 2.44 bits per heavy atom. The number of halogens is 1. The third kappa shape index (κ3) is 3.91. The third-order valence-corrected chi connectivity index (χ3v) is 6.87. The quantitative estimate of drug-likeness (QED) is 0.481. The molecule has 0 bridgehead atoms. The van der Waals surface area contributed by atoms with E-state index in [0.717, 1.165) is 23.5 Å². The Balaban J connectivity index is 1.73. The number of hydrogen-bond acceptors (Lipinski definition) is 5. The minimum atomic E-state index is -3.63. The van der Waals surface area contributed by atoms with Gasteiger partial charge in [-0.25, -0.2) is 8.42 Å². The Labute approximate surface area is 165 Å². The van der Waals surface area contributed by atoms with Crippen molar-refractivity contribution >= 4 is 27.3 Å². The Hall–Kier alpha value is -1.80. The zero-order valence-electron chi connectivity index (χ0n) is 15.5. The molecule has 6 nitrogen and oxygen atoms in total. The molecule has 1 aliphatic carbocycles. The molecule has 2 aromatic rings. The molecule has 146 valence electrons. The van der Waals surface area contributed by atoms with Crippen LogP contribution in [-0.2, 0) is 10.0 Å². The number of ether oxygens (including phenoxy) is 1. The van der Waals surface area contributed by atoms with E-state index in [1.165, 1.54) is 0 Å². The van der Waals surface area contributed by atoms with E-state index in [-0.39, 0.29) is 10.3 Å². The van der Waals surface area contributed by atoms with E-state index < -0.39 is 10.0 Å². The molecule has 0 unspecified atom stereocenters. The van der Waals surface area contributed by atoms with E-state index in [0.29, 0.717) is 16.9 Å². The summed E-state index contributed by atoms with van der Waals surface area (Å²) in [6.07, 6.45) is 0. The second-order valence-electron chi connectivity index (χ2n) is 7.32. The van der Waals surface area contributed by atoms with Gasteiger partial charge in [-0.15, -0.1) is 0 Å². The standard InChI is InChI=1S/C19H24ClN3O3S/c1-19(2)15(11-22-16-10-13(20)6-9-17(16)26-3)18(19)12-4-7-14(8-5-12)27(24,25)23-21/h4-10,15,18,22-23H,11,21H2,1-3H3/t15-,18-/m0/s1. The molecule has 2 atom stereocenters. The number of benzene rings is 2. The molecule has 0 heterocycles. The first-order valence-electron chi connectivity index (χ1n) is 8.60. The van der Waals surface area contributed by atoms with Crippen LogP contribution in [-0.4, -0.2) is 22.1 Å². The lowest BCUT2D eigenvalue weighted by Crippen LogP contribution is -2.30. The van der Waals surface area contributed by atoms with Gasteiger partial charge in [0.05, 0.1) is 17.7 Å². The highest BCUT2D eigenvalue weighted by atomic mass is 35.5. The van der Waals surface area contributed by atoms with Crippen molar-refractivity contribution in [2.75, 3.05) is 19.0 Å². The van der Waals surface area contributed by atoms with Gasteiger partial charge in [0, 0.05) is 11.6 Å². The molecule has 0 saturated heterocycles. The summed E-state index contributed by atoms with van der Waals surface area (Å²) < 4.78 is 28.9. The second-order valence-corrected chi connectivity index (χ2v) is 9.47. The van der Waals surface area contributed by atoms with Crippen molar-refractivity contribution in [2.24, 2.45) is 17.2 Å². The summed E-state index contributed by atoms with van der Waals surface area (Å²) in [7, 11) is -2.00. The predicted octanol–water partition coefficient (Wildman–Crippen LogP) is 3.35. The normalized spacial score (nSPS) is 20.9. The summed E-state index contributed by atoms with van der Waals surface area (Å²) in [5.74, 6) is 6.56. The Kier molecular flexibility index (Phi) is 5.40. The van der Waals surface area contributed by atoms with Gasteiger partial charge in [0.2, 0.25) is 0 Å². The zero-order valence-corrected chi connectivity index (χ0v) is 17.1. The summed E-state index contributed by atoms with van der Waals surface area (Å²) in [6.45, 7) is 5.19. The molecule has 1 fully saturated rings. The number of rotatable bonds is 7. The average Bonchev–Trinajstić information content (AvgIpc) is 3.20. The Morgan fingerprint density at radius 1 is 1.19 bits per heavy atom. The van der Waals surface area contributed by atoms with E-state index in [1.54, 1.807) is 25.3 Å². The minimum Gasteiger partial charge on any atom is -0.495 e. The van der Waals surface area contributed by atoms with Crippen LogP contribution in [0.3, 0.4) is 0 Å². The molecule has 1 aliphatic rings. The van der Waals surface area contributed by atoms with Gasteiger partial charge in [-0.3, -0.25) is 5.84 Å². The highest BCUT2D eigenvalue weighted by Gasteiger charge is 2.57. The topological polar surface area (TPSA) is 93.4 Å². The number of anilines is 1. The number of nitrogens with two attached hydrogens (primary N) is 1. The van der Waals surface area contributed by atoms with Crippen molar-refractivity contribution in [3.63, 3.8) is 0 Å². The number of hydrazine groups is 1. The van der Waals surface area contributed by atoms with Gasteiger partial charge in [-0.1, -0.05) is 37.6 Å². The summed E-state index contributed by atoms with van der Waals surface area (Å²) >= 11 is 6.09. The monoisotopic (exact) mass is 409 g/mol. The highest BCUT2D eigenvalue weighted by molar-refractivity contribution is 7.89. The van der Waals surface area contributed by atoms with E-state index in [4.69, 9.17) is 22.2 Å². The Morgan fingerprint density at radius 2 is 1.85 bits per heavy atom. The van der Waals surface area contributed by atoms with Crippen LogP contribution >= 0.6 is 11.6 Å². The van der Waals surface area contributed by atoms with Gasteiger partial charge in [0.25, 0.3) is 10.0 Å². The molecule has 0 aliphatic heterocycles. The van der Waals surface area contributed by atoms with Crippen LogP contribution in [0, 0.1) is 11.3 Å². The van der Waals surface area contributed by atoms with Crippen LogP contribution in [0.15, 0.2) is 47.4 Å². The van der Waals surface area contributed by atoms with Crippen LogP contribution in [0.25, 0.3) is 0 Å². The Bertz CT molecular complexity index is 930. The number of methoxy groups -OCH3 is 1. The van der Waals surface area contributed by atoms with E-state index in [1.807, 2.05) is 29.1 Å². The van der Waals surface area contributed by atoms with Crippen molar-refractivity contribution in [3.05, 3.63) is 53.1 Å². The number of sulfonamides is 1. The maximum Gasteiger partial charge on any atom is 0.253 e. The largest absolute Gasteiger partial charge is 0.495 e. The van der Waals surface area contributed by atoms with Gasteiger partial charge in [-0.2, -0.15) is 4.83 Å². The minimum absolute atomic E-state index is 0.102. The van der Waals surface area contributed by atoms with Crippen LogP contribution in [0.5, 0.6) is 5.75 Å². The molecule has 0 radical (unpaired) electrons. The second kappa shape index (κ2) is 7.31. The molecule has 0 spiro atoms. The van der Waals surface area contributed by atoms with Gasteiger partial charge >= 0.3 is 0 Å². The molecule has 8 heteroatoms. The van der Waals surface area contributed by atoms with Crippen LogP contribution in [0.2, 0.25) is 5.02 Å². The van der Waals surface area contributed by atoms with Gasteiger partial charge in [0.15, 0.2) is 0 Å². The molecular weight excluding hydrogens is 386 g/mol. The zero-order chi connectivity index (χ0) is 19.8. The number of hydrogen-bond donors (Lipinski definition) is 3. The third-order valence-electron chi connectivity index (χ3n) is 5.43. The first-order chi connectivity index (χ1) is 12.7. The fraction of sp³-hybridized carbons (Fsp3) is 0.368. The van der Waals surface area contributed by atoms with Crippen LogP contribution in [0.1, 0.15) is 25.3 Å². The molecule has 0 aromatic heterocycles.